The van der Waals surface area contributed by atoms with Crippen molar-refractivity contribution in [2.75, 3.05) is 0 Å². The molecule has 0 radical (unpaired) electrons. The van der Waals surface area contributed by atoms with Crippen molar-refractivity contribution >= 4 is 5.97 Å². The molecule has 2 rings (SSSR count). The van der Waals surface area contributed by atoms with Gasteiger partial charge in [-0.25, -0.2) is 9.36 Å². The van der Waals surface area contributed by atoms with Crippen LogP contribution in [0.3, 0.4) is 0 Å². The maximum atomic E-state index is 11.5. The number of rotatable bonds is 2. The van der Waals surface area contributed by atoms with E-state index in [2.05, 4.69) is 0 Å². The van der Waals surface area contributed by atoms with E-state index < -0.39 is 11.7 Å². The molecule has 1 aromatic carbocycles. The number of hydrogen-bond acceptors (Lipinski definition) is 2. The number of hydrogen-bond donors (Lipinski definition) is 1. The Balaban J connectivity index is 2.63. The van der Waals surface area contributed by atoms with Crippen molar-refractivity contribution in [3.05, 3.63) is 48.2 Å². The summed E-state index contributed by atoms with van der Waals surface area (Å²) in [4.78, 5) is 10.9. The van der Waals surface area contributed by atoms with Gasteiger partial charge in [0.15, 0.2) is 6.20 Å². The number of aromatic nitrogens is 1. The molecule has 4 heteroatoms. The number of aryl methyl sites for hydroxylation is 1. The lowest BCUT2D eigenvalue weighted by Crippen LogP contribution is -2.32. The van der Waals surface area contributed by atoms with E-state index in [1.165, 1.54) is 12.3 Å². The zero-order valence-corrected chi connectivity index (χ0v) is 9.25. The Morgan fingerprint density at radius 2 is 1.94 bits per heavy atom. The first kappa shape index (κ1) is 11.1. The molecule has 2 aromatic rings. The summed E-state index contributed by atoms with van der Waals surface area (Å²) in [6, 6.07) is 10.7. The first-order valence-corrected chi connectivity index (χ1v) is 5.09. The molecule has 0 unspecified atom stereocenters. The van der Waals surface area contributed by atoms with Crippen LogP contribution in [0.4, 0.5) is 0 Å². The maximum absolute atomic E-state index is 11.5. The summed E-state index contributed by atoms with van der Waals surface area (Å²) in [5, 5.41) is 20.4. The molecule has 0 saturated carbocycles. The van der Waals surface area contributed by atoms with Crippen LogP contribution >= 0.6 is 0 Å². The third-order valence-corrected chi connectivity index (χ3v) is 2.54. The van der Waals surface area contributed by atoms with Crippen LogP contribution in [0.1, 0.15) is 10.4 Å². The molecule has 1 N–H and O–H groups in total. The molecule has 0 spiro atoms. The summed E-state index contributed by atoms with van der Waals surface area (Å²) in [5.74, 6) is -1.69. The van der Waals surface area contributed by atoms with E-state index in [0.29, 0.717) is 5.69 Å². The second-order valence-electron chi connectivity index (χ2n) is 3.72. The molecule has 0 bridgehead atoms. The van der Waals surface area contributed by atoms with Crippen molar-refractivity contribution in [3.8, 4) is 17.0 Å². The fraction of sp³-hybridized carbons (Fsp3) is 0.0769. The van der Waals surface area contributed by atoms with E-state index in [-0.39, 0.29) is 5.56 Å². The Kier molecular flexibility index (Phi) is 2.78. The lowest BCUT2D eigenvalue weighted by Gasteiger charge is -2.09. The molecule has 0 aliphatic rings. The minimum Gasteiger partial charge on any atom is -0.868 e. The SMILES string of the molecule is C[n+]1cc([O-])c(C(=O)O)cc1-c1ccccc1. The fourth-order valence-electron chi connectivity index (χ4n) is 1.69. The number of carboxylic acid groups (broad SMARTS) is 1. The lowest BCUT2D eigenvalue weighted by atomic mass is 10.1. The molecule has 0 aliphatic carbocycles. The van der Waals surface area contributed by atoms with Crippen LogP contribution in [-0.4, -0.2) is 11.1 Å². The molecule has 17 heavy (non-hydrogen) atoms. The molecular formula is C13H11NO3. The smallest absolute Gasteiger partial charge is 0.335 e. The Morgan fingerprint density at radius 3 is 2.53 bits per heavy atom. The van der Waals surface area contributed by atoms with Crippen molar-refractivity contribution in [3.63, 3.8) is 0 Å². The van der Waals surface area contributed by atoms with Crippen LogP contribution in [-0.2, 0) is 7.05 Å². The highest BCUT2D eigenvalue weighted by molar-refractivity contribution is 5.91. The van der Waals surface area contributed by atoms with Gasteiger partial charge in [-0.15, -0.1) is 0 Å². The monoisotopic (exact) mass is 229 g/mol. The Morgan fingerprint density at radius 1 is 1.29 bits per heavy atom. The molecule has 0 saturated heterocycles. The molecular weight excluding hydrogens is 218 g/mol. The quantitative estimate of drug-likeness (QED) is 0.780. The van der Waals surface area contributed by atoms with E-state index >= 15 is 0 Å². The van der Waals surface area contributed by atoms with Crippen LogP contribution in [0, 0.1) is 0 Å². The van der Waals surface area contributed by atoms with Gasteiger partial charge in [-0.2, -0.15) is 0 Å². The lowest BCUT2D eigenvalue weighted by molar-refractivity contribution is -0.663. The van der Waals surface area contributed by atoms with E-state index in [0.717, 1.165) is 5.56 Å². The standard InChI is InChI=1S/C13H11NO3/c1-14-8-12(15)10(13(16)17)7-11(14)9-5-3-2-4-6-9/h2-8H,1H3,(H-,15,16,17). The molecule has 0 fully saturated rings. The van der Waals surface area contributed by atoms with Gasteiger partial charge in [0.05, 0.1) is 5.56 Å². The highest BCUT2D eigenvalue weighted by atomic mass is 16.4. The number of benzene rings is 1. The van der Waals surface area contributed by atoms with Gasteiger partial charge in [0.1, 0.15) is 7.05 Å². The third kappa shape index (κ3) is 2.10. The molecule has 0 atom stereocenters. The Labute approximate surface area is 98.4 Å². The van der Waals surface area contributed by atoms with Crippen molar-refractivity contribution in [2.45, 2.75) is 0 Å². The average Bonchev–Trinajstić information content (AvgIpc) is 2.29. The second-order valence-corrected chi connectivity index (χ2v) is 3.72. The summed E-state index contributed by atoms with van der Waals surface area (Å²) in [7, 11) is 1.72. The molecule has 0 aliphatic heterocycles. The van der Waals surface area contributed by atoms with Gasteiger partial charge < -0.3 is 10.2 Å². The summed E-state index contributed by atoms with van der Waals surface area (Å²) in [6.45, 7) is 0. The van der Waals surface area contributed by atoms with Crippen molar-refractivity contribution in [2.24, 2.45) is 7.05 Å². The number of pyridine rings is 1. The van der Waals surface area contributed by atoms with Gasteiger partial charge in [0.2, 0.25) is 5.69 Å². The van der Waals surface area contributed by atoms with Gasteiger partial charge in [-0.3, -0.25) is 0 Å². The summed E-state index contributed by atoms with van der Waals surface area (Å²) in [6.07, 6.45) is 1.28. The Hall–Kier alpha value is -2.36. The summed E-state index contributed by atoms with van der Waals surface area (Å²) >= 11 is 0. The van der Waals surface area contributed by atoms with Gasteiger partial charge in [0.25, 0.3) is 0 Å². The van der Waals surface area contributed by atoms with Crippen LogP contribution in [0.5, 0.6) is 5.75 Å². The molecule has 1 heterocycles. The topological polar surface area (TPSA) is 64.2 Å². The maximum Gasteiger partial charge on any atom is 0.335 e. The number of carboxylic acids is 1. The average molecular weight is 229 g/mol. The highest BCUT2D eigenvalue weighted by Gasteiger charge is 2.15. The van der Waals surface area contributed by atoms with Gasteiger partial charge in [0, 0.05) is 11.6 Å². The number of nitrogens with zero attached hydrogens (tertiary/aromatic N) is 1. The minimum atomic E-state index is -1.20. The first-order valence-electron chi connectivity index (χ1n) is 5.09. The summed E-state index contributed by atoms with van der Waals surface area (Å²) < 4.78 is 1.63. The summed E-state index contributed by atoms with van der Waals surface area (Å²) in [5.41, 5.74) is 1.36. The largest absolute Gasteiger partial charge is 0.868 e. The number of carbonyl (C=O) groups is 1. The van der Waals surface area contributed by atoms with Crippen LogP contribution in [0.25, 0.3) is 11.3 Å². The first-order chi connectivity index (χ1) is 8.09. The normalized spacial score (nSPS) is 10.2. The van der Waals surface area contributed by atoms with E-state index in [4.69, 9.17) is 5.11 Å². The van der Waals surface area contributed by atoms with Crippen molar-refractivity contribution in [1.82, 2.24) is 0 Å². The molecule has 4 nitrogen and oxygen atoms in total. The van der Waals surface area contributed by atoms with E-state index in [9.17, 15) is 9.90 Å². The fourth-order valence-corrected chi connectivity index (χ4v) is 1.69. The zero-order chi connectivity index (χ0) is 12.4. The van der Waals surface area contributed by atoms with E-state index in [1.54, 1.807) is 11.6 Å². The van der Waals surface area contributed by atoms with Crippen molar-refractivity contribution < 1.29 is 19.6 Å². The van der Waals surface area contributed by atoms with Crippen LogP contribution in [0.2, 0.25) is 0 Å². The third-order valence-electron chi connectivity index (χ3n) is 2.54. The zero-order valence-electron chi connectivity index (χ0n) is 9.25. The van der Waals surface area contributed by atoms with E-state index in [1.807, 2.05) is 30.3 Å². The van der Waals surface area contributed by atoms with Crippen LogP contribution in [0.15, 0.2) is 42.6 Å². The molecule has 0 amide bonds. The second kappa shape index (κ2) is 4.25. The highest BCUT2D eigenvalue weighted by Crippen LogP contribution is 2.20. The van der Waals surface area contributed by atoms with Crippen molar-refractivity contribution in [1.29, 1.82) is 0 Å². The van der Waals surface area contributed by atoms with Crippen LogP contribution < -0.4 is 9.67 Å². The predicted molar refractivity (Wildman–Crippen MR) is 59.5 cm³/mol. The number of aromatic carboxylic acids is 1. The molecule has 86 valence electrons. The minimum absolute atomic E-state index is 0.207. The molecule has 1 aromatic heterocycles. The van der Waals surface area contributed by atoms with Gasteiger partial charge in [-0.1, -0.05) is 18.2 Å². The Bertz CT molecular complexity index is 564. The predicted octanol–water partition coefficient (Wildman–Crippen LogP) is 0.950. The van der Waals surface area contributed by atoms with Gasteiger partial charge >= 0.3 is 5.97 Å². The van der Waals surface area contributed by atoms with Gasteiger partial charge in [-0.05, 0) is 17.9 Å².